The van der Waals surface area contributed by atoms with Crippen LogP contribution in [-0.4, -0.2) is 21.7 Å². The van der Waals surface area contributed by atoms with E-state index in [1.165, 1.54) is 43.3 Å². The summed E-state index contributed by atoms with van der Waals surface area (Å²) in [6.07, 6.45) is 1.16. The maximum atomic E-state index is 13.9. The van der Waals surface area contributed by atoms with Crippen LogP contribution < -0.4 is 10.6 Å². The first kappa shape index (κ1) is 25.0. The van der Waals surface area contributed by atoms with Crippen molar-refractivity contribution in [3.05, 3.63) is 114 Å². The van der Waals surface area contributed by atoms with Crippen molar-refractivity contribution >= 4 is 46.6 Å². The number of nitrogens with zero attached hydrogens (tertiary/aromatic N) is 2. The highest BCUT2D eigenvalue weighted by Gasteiger charge is 2.20. The summed E-state index contributed by atoms with van der Waals surface area (Å²) in [6.45, 7) is 1.54. The van der Waals surface area contributed by atoms with E-state index in [-0.39, 0.29) is 33.2 Å². The Balaban J connectivity index is 2.00. The average Bonchev–Trinajstić information content (AvgIpc) is 2.81. The Morgan fingerprint density at radius 3 is 2.31 bits per heavy atom. The first-order chi connectivity index (χ1) is 16.5. The van der Waals surface area contributed by atoms with Crippen LogP contribution in [0.15, 0.2) is 66.4 Å². The second kappa shape index (κ2) is 10.5. The lowest BCUT2D eigenvalue weighted by Crippen LogP contribution is -2.31. The predicted molar refractivity (Wildman–Crippen MR) is 126 cm³/mol. The fraction of sp³-hybridized carbons (Fsp3) is 0.0435. The third-order valence-corrected chi connectivity index (χ3v) is 5.05. The van der Waals surface area contributed by atoms with Crippen molar-refractivity contribution in [2.24, 2.45) is 0 Å². The molecule has 0 bridgehead atoms. The van der Waals surface area contributed by atoms with E-state index >= 15 is 0 Å². The number of halogens is 2. The van der Waals surface area contributed by atoms with Crippen LogP contribution >= 0.6 is 11.6 Å². The molecular weight excluding hydrogens is 483 g/mol. The summed E-state index contributed by atoms with van der Waals surface area (Å²) in [4.78, 5) is 46.6. The first-order valence-corrected chi connectivity index (χ1v) is 10.2. The molecule has 2 N–H and O–H groups in total. The number of anilines is 1. The van der Waals surface area contributed by atoms with Crippen LogP contribution in [0.25, 0.3) is 6.08 Å². The van der Waals surface area contributed by atoms with Crippen molar-refractivity contribution < 1.29 is 23.8 Å². The molecule has 0 radical (unpaired) electrons. The van der Waals surface area contributed by atoms with Gasteiger partial charge in [0.15, 0.2) is 0 Å². The molecule has 35 heavy (non-hydrogen) atoms. The number of rotatable bonds is 7. The maximum Gasteiger partial charge on any atom is 0.272 e. The van der Waals surface area contributed by atoms with Gasteiger partial charge in [0.1, 0.15) is 11.5 Å². The van der Waals surface area contributed by atoms with Gasteiger partial charge in [0.05, 0.1) is 20.4 Å². The molecular formula is C23H16ClFN4O6. The summed E-state index contributed by atoms with van der Waals surface area (Å²) in [5.74, 6) is -2.39. The molecule has 12 heteroatoms. The summed E-state index contributed by atoms with van der Waals surface area (Å²) in [7, 11) is 0. The van der Waals surface area contributed by atoms with Crippen molar-refractivity contribution in [2.75, 3.05) is 5.32 Å². The number of hydrogen-bond donors (Lipinski definition) is 2. The highest BCUT2D eigenvalue weighted by molar-refractivity contribution is 6.34. The average molecular weight is 499 g/mol. The number of nitro benzene ring substituents is 2. The molecule has 0 aromatic heterocycles. The van der Waals surface area contributed by atoms with Crippen molar-refractivity contribution in [3.63, 3.8) is 0 Å². The monoisotopic (exact) mass is 498 g/mol. The maximum absolute atomic E-state index is 13.9. The molecule has 10 nitrogen and oxygen atoms in total. The van der Waals surface area contributed by atoms with Gasteiger partial charge in [0.25, 0.3) is 23.2 Å². The number of hydrogen-bond acceptors (Lipinski definition) is 6. The molecule has 2 amide bonds. The number of benzene rings is 3. The van der Waals surface area contributed by atoms with E-state index < -0.39 is 33.2 Å². The normalized spacial score (nSPS) is 11.0. The van der Waals surface area contributed by atoms with Gasteiger partial charge in [-0.1, -0.05) is 29.8 Å². The Morgan fingerprint density at radius 1 is 0.971 bits per heavy atom. The molecule has 0 aliphatic rings. The van der Waals surface area contributed by atoms with Crippen molar-refractivity contribution in [2.45, 2.75) is 6.92 Å². The van der Waals surface area contributed by atoms with E-state index in [2.05, 4.69) is 10.6 Å². The van der Waals surface area contributed by atoms with E-state index in [1.54, 1.807) is 0 Å². The molecule has 0 saturated carbocycles. The molecule has 0 atom stereocenters. The lowest BCUT2D eigenvalue weighted by atomic mass is 10.1. The zero-order chi connectivity index (χ0) is 25.7. The third kappa shape index (κ3) is 6.24. The van der Waals surface area contributed by atoms with Crippen LogP contribution in [0, 0.1) is 33.0 Å². The summed E-state index contributed by atoms with van der Waals surface area (Å²) in [5.41, 5.74) is -0.672. The van der Waals surface area contributed by atoms with Gasteiger partial charge >= 0.3 is 0 Å². The number of carbonyl (C=O) groups is 2. The van der Waals surface area contributed by atoms with E-state index in [1.807, 2.05) is 0 Å². The number of non-ortho nitro benzene ring substituents is 2. The summed E-state index contributed by atoms with van der Waals surface area (Å²) >= 11 is 6.02. The van der Waals surface area contributed by atoms with Crippen LogP contribution in [-0.2, 0) is 4.79 Å². The van der Waals surface area contributed by atoms with E-state index in [9.17, 15) is 34.2 Å². The molecule has 0 heterocycles. The molecule has 0 saturated heterocycles. The molecule has 0 fully saturated rings. The SMILES string of the molecule is Cc1ccc(NC(=O)C(=Cc2cccc([N+](=O)[O-])c2)NC(=O)c2cc([N+](=O)[O-])ccc2Cl)cc1F. The van der Waals surface area contributed by atoms with Crippen molar-refractivity contribution in [1.29, 1.82) is 0 Å². The Hall–Kier alpha value is -4.64. The Labute approximate surface area is 202 Å². The number of nitro groups is 2. The van der Waals surface area contributed by atoms with Gasteiger partial charge in [-0.25, -0.2) is 4.39 Å². The molecule has 3 rings (SSSR count). The molecule has 0 aliphatic heterocycles. The van der Waals surface area contributed by atoms with E-state index in [0.29, 0.717) is 5.56 Å². The molecule has 3 aromatic rings. The number of carbonyl (C=O) groups excluding carboxylic acids is 2. The minimum atomic E-state index is -0.944. The third-order valence-electron chi connectivity index (χ3n) is 4.72. The minimum absolute atomic E-state index is 0.0886. The quantitative estimate of drug-likeness (QED) is 0.266. The van der Waals surface area contributed by atoms with E-state index in [4.69, 9.17) is 11.6 Å². The van der Waals surface area contributed by atoms with Gasteiger partial charge in [0.2, 0.25) is 0 Å². The fourth-order valence-corrected chi connectivity index (χ4v) is 3.12. The van der Waals surface area contributed by atoms with Crippen LogP contribution in [0.1, 0.15) is 21.5 Å². The zero-order valence-electron chi connectivity index (χ0n) is 18.0. The van der Waals surface area contributed by atoms with E-state index in [0.717, 1.165) is 30.3 Å². The second-order valence-electron chi connectivity index (χ2n) is 7.20. The van der Waals surface area contributed by atoms with Crippen LogP contribution in [0.5, 0.6) is 0 Å². The van der Waals surface area contributed by atoms with Crippen LogP contribution in [0.4, 0.5) is 21.5 Å². The first-order valence-electron chi connectivity index (χ1n) is 9.84. The standard InChI is InChI=1S/C23H16ClFN4O6/c1-13-5-6-15(11-20(13)25)26-23(31)21(10-14-3-2-4-16(9-14)28(32)33)27-22(30)18-12-17(29(34)35)7-8-19(18)24/h2-12H,1H3,(H,26,31)(H,27,30). The van der Waals surface area contributed by atoms with Gasteiger partial charge in [0, 0.05) is 30.0 Å². The van der Waals surface area contributed by atoms with Crippen molar-refractivity contribution in [1.82, 2.24) is 5.32 Å². The van der Waals surface area contributed by atoms with Crippen molar-refractivity contribution in [3.8, 4) is 0 Å². The molecule has 0 unspecified atom stereocenters. The molecule has 178 valence electrons. The van der Waals surface area contributed by atoms with Gasteiger partial charge < -0.3 is 10.6 Å². The molecule has 3 aromatic carbocycles. The second-order valence-corrected chi connectivity index (χ2v) is 7.61. The largest absolute Gasteiger partial charge is 0.321 e. The fourth-order valence-electron chi connectivity index (χ4n) is 2.91. The number of aryl methyl sites for hydroxylation is 1. The van der Waals surface area contributed by atoms with Gasteiger partial charge in [-0.15, -0.1) is 0 Å². The van der Waals surface area contributed by atoms with Gasteiger partial charge in [-0.2, -0.15) is 0 Å². The Morgan fingerprint density at radius 2 is 1.66 bits per heavy atom. The Kier molecular flexibility index (Phi) is 7.52. The summed E-state index contributed by atoms with van der Waals surface area (Å²) in [6, 6.07) is 12.4. The summed E-state index contributed by atoms with van der Waals surface area (Å²) < 4.78 is 13.9. The predicted octanol–water partition coefficient (Wildman–Crippen LogP) is 5.01. The Bertz CT molecular complexity index is 1390. The highest BCUT2D eigenvalue weighted by Crippen LogP contribution is 2.23. The summed E-state index contributed by atoms with van der Waals surface area (Å²) in [5, 5.41) is 26.8. The highest BCUT2D eigenvalue weighted by atomic mass is 35.5. The topological polar surface area (TPSA) is 144 Å². The molecule has 0 aliphatic carbocycles. The number of amides is 2. The lowest BCUT2D eigenvalue weighted by Gasteiger charge is -2.12. The van der Waals surface area contributed by atoms with Gasteiger partial charge in [-0.3, -0.25) is 29.8 Å². The smallest absolute Gasteiger partial charge is 0.272 e. The molecule has 0 spiro atoms. The zero-order valence-corrected chi connectivity index (χ0v) is 18.7. The number of nitrogens with one attached hydrogen (secondary N) is 2. The van der Waals surface area contributed by atoms with Crippen LogP contribution in [0.2, 0.25) is 5.02 Å². The lowest BCUT2D eigenvalue weighted by molar-refractivity contribution is -0.385. The minimum Gasteiger partial charge on any atom is -0.321 e. The van der Waals surface area contributed by atoms with Crippen LogP contribution in [0.3, 0.4) is 0 Å². The van der Waals surface area contributed by atoms with Gasteiger partial charge in [-0.05, 0) is 42.3 Å².